The summed E-state index contributed by atoms with van der Waals surface area (Å²) in [7, 11) is 5.88. The highest BCUT2D eigenvalue weighted by Crippen LogP contribution is 2.19. The lowest BCUT2D eigenvalue weighted by atomic mass is 10.0. The molecule has 104 valence electrons. The molecule has 2 fully saturated rings. The van der Waals surface area contributed by atoms with E-state index >= 15 is 0 Å². The van der Waals surface area contributed by atoms with Crippen LogP contribution in [0.25, 0.3) is 0 Å². The Morgan fingerprint density at radius 1 is 1.33 bits per heavy atom. The normalized spacial score (nSPS) is 31.3. The van der Waals surface area contributed by atoms with Crippen LogP contribution in [-0.2, 0) is 4.79 Å². The van der Waals surface area contributed by atoms with Crippen LogP contribution in [0.1, 0.15) is 12.8 Å². The van der Waals surface area contributed by atoms with Crippen molar-refractivity contribution in [2.45, 2.75) is 24.9 Å². The minimum atomic E-state index is 0.0187. The molecule has 0 aromatic rings. The number of hydrogen-bond acceptors (Lipinski definition) is 4. The Hall–Kier alpha value is -0.650. The molecule has 2 aliphatic heterocycles. The van der Waals surface area contributed by atoms with Gasteiger partial charge in [0.15, 0.2) is 0 Å². The molecule has 2 saturated heterocycles. The fraction of sp³-hybridized carbons (Fsp3) is 0.923. The van der Waals surface area contributed by atoms with Crippen LogP contribution in [0.2, 0.25) is 0 Å². The summed E-state index contributed by atoms with van der Waals surface area (Å²) >= 11 is 0. The van der Waals surface area contributed by atoms with Gasteiger partial charge in [0.1, 0.15) is 6.04 Å². The summed E-state index contributed by atoms with van der Waals surface area (Å²) in [5.74, 6) is 0.232. The number of carbonyl (C=O) groups is 1. The number of amides is 1. The number of nitrogens with zero attached hydrogens (tertiary/aromatic N) is 3. The molecule has 2 aliphatic rings. The second-order valence-electron chi connectivity index (χ2n) is 5.75. The molecule has 0 aromatic carbocycles. The number of carbonyl (C=O) groups excluding carboxylic acids is 1. The highest BCUT2D eigenvalue weighted by molar-refractivity contribution is 5.81. The molecule has 1 amide bonds. The molecule has 18 heavy (non-hydrogen) atoms. The Balaban J connectivity index is 2.05. The molecule has 0 saturated carbocycles. The molecule has 2 unspecified atom stereocenters. The van der Waals surface area contributed by atoms with Crippen LogP contribution in [-0.4, -0.2) is 86.6 Å². The summed E-state index contributed by atoms with van der Waals surface area (Å²) in [5.41, 5.74) is 0. The van der Waals surface area contributed by atoms with Crippen molar-refractivity contribution in [3.63, 3.8) is 0 Å². The third-order valence-corrected chi connectivity index (χ3v) is 4.08. The molecule has 2 rings (SSSR count). The molecule has 5 nitrogen and oxygen atoms in total. The minimum absolute atomic E-state index is 0.0187. The van der Waals surface area contributed by atoms with Crippen molar-refractivity contribution in [3.05, 3.63) is 0 Å². The largest absolute Gasteiger partial charge is 0.347 e. The number of rotatable bonds is 2. The Morgan fingerprint density at radius 2 is 2.11 bits per heavy atom. The quantitative estimate of drug-likeness (QED) is 0.717. The van der Waals surface area contributed by atoms with Gasteiger partial charge in [0.25, 0.3) is 0 Å². The minimum Gasteiger partial charge on any atom is -0.347 e. The van der Waals surface area contributed by atoms with Gasteiger partial charge in [-0.05, 0) is 26.4 Å². The van der Waals surface area contributed by atoms with E-state index in [9.17, 15) is 4.79 Å². The molecule has 5 heteroatoms. The Kier molecular flexibility index (Phi) is 4.59. The van der Waals surface area contributed by atoms with Gasteiger partial charge < -0.3 is 15.1 Å². The van der Waals surface area contributed by atoms with Crippen molar-refractivity contribution in [2.75, 3.05) is 53.9 Å². The van der Waals surface area contributed by atoms with Gasteiger partial charge in [-0.15, -0.1) is 0 Å². The molecule has 1 N–H and O–H groups in total. The average molecular weight is 254 g/mol. The predicted molar refractivity (Wildman–Crippen MR) is 72.6 cm³/mol. The number of hydrogen-bond donors (Lipinski definition) is 1. The molecule has 0 spiro atoms. The first-order valence-corrected chi connectivity index (χ1v) is 6.95. The zero-order chi connectivity index (χ0) is 13.1. The maximum atomic E-state index is 12.3. The van der Waals surface area contributed by atoms with E-state index in [0.29, 0.717) is 6.04 Å². The third-order valence-electron chi connectivity index (χ3n) is 4.08. The van der Waals surface area contributed by atoms with E-state index in [4.69, 9.17) is 0 Å². The summed E-state index contributed by atoms with van der Waals surface area (Å²) < 4.78 is 0. The number of nitrogens with one attached hydrogen (secondary N) is 1. The van der Waals surface area contributed by atoms with E-state index in [2.05, 4.69) is 22.2 Å². The van der Waals surface area contributed by atoms with Crippen LogP contribution in [0.15, 0.2) is 0 Å². The second-order valence-corrected chi connectivity index (χ2v) is 5.75. The Bertz CT molecular complexity index is 295. The molecular formula is C13H26N4O. The third kappa shape index (κ3) is 3.02. The molecular weight excluding hydrogens is 228 g/mol. The highest BCUT2D eigenvalue weighted by Gasteiger charge is 2.35. The molecule has 0 bridgehead atoms. The maximum Gasteiger partial charge on any atom is 0.240 e. The number of piperidine rings is 1. The van der Waals surface area contributed by atoms with Crippen molar-refractivity contribution in [1.29, 1.82) is 0 Å². The van der Waals surface area contributed by atoms with E-state index in [-0.39, 0.29) is 11.9 Å². The van der Waals surface area contributed by atoms with Gasteiger partial charge in [-0.3, -0.25) is 9.69 Å². The maximum absolute atomic E-state index is 12.3. The van der Waals surface area contributed by atoms with Crippen LogP contribution in [0, 0.1) is 0 Å². The van der Waals surface area contributed by atoms with E-state index in [1.54, 1.807) is 4.90 Å². The van der Waals surface area contributed by atoms with E-state index < -0.39 is 0 Å². The van der Waals surface area contributed by atoms with Crippen molar-refractivity contribution in [1.82, 2.24) is 20.0 Å². The van der Waals surface area contributed by atoms with Gasteiger partial charge in [-0.2, -0.15) is 0 Å². The Morgan fingerprint density at radius 3 is 2.78 bits per heavy atom. The van der Waals surface area contributed by atoms with Gasteiger partial charge in [-0.25, -0.2) is 0 Å². The lowest BCUT2D eigenvalue weighted by Crippen LogP contribution is -2.62. The van der Waals surface area contributed by atoms with Crippen molar-refractivity contribution in [2.24, 2.45) is 0 Å². The van der Waals surface area contributed by atoms with Crippen LogP contribution in [0.3, 0.4) is 0 Å². The van der Waals surface area contributed by atoms with E-state index in [1.165, 1.54) is 19.4 Å². The first-order chi connectivity index (χ1) is 8.59. The molecule has 0 radical (unpaired) electrons. The van der Waals surface area contributed by atoms with Gasteiger partial charge in [0.2, 0.25) is 5.91 Å². The van der Waals surface area contributed by atoms with Crippen LogP contribution < -0.4 is 5.32 Å². The van der Waals surface area contributed by atoms with Crippen molar-refractivity contribution < 1.29 is 4.79 Å². The first kappa shape index (κ1) is 13.8. The summed E-state index contributed by atoms with van der Waals surface area (Å²) in [6, 6.07) is 0.560. The van der Waals surface area contributed by atoms with Crippen molar-refractivity contribution >= 4 is 5.91 Å². The zero-order valence-electron chi connectivity index (χ0n) is 11.9. The van der Waals surface area contributed by atoms with E-state index in [0.717, 1.165) is 26.2 Å². The summed E-state index contributed by atoms with van der Waals surface area (Å²) in [6.45, 7) is 5.06. The number of likely N-dealkylation sites (N-methyl/N-ethyl adjacent to an activating group) is 2. The van der Waals surface area contributed by atoms with Crippen LogP contribution in [0.5, 0.6) is 0 Å². The number of likely N-dealkylation sites (tertiary alicyclic amines) is 1. The van der Waals surface area contributed by atoms with Gasteiger partial charge in [0.05, 0.1) is 0 Å². The lowest BCUT2D eigenvalue weighted by Gasteiger charge is -2.44. The van der Waals surface area contributed by atoms with Crippen LogP contribution in [0.4, 0.5) is 0 Å². The van der Waals surface area contributed by atoms with Crippen molar-refractivity contribution in [3.8, 4) is 0 Å². The smallest absolute Gasteiger partial charge is 0.240 e. The predicted octanol–water partition coefficient (Wildman–Crippen LogP) is -0.557. The molecule has 2 atom stereocenters. The summed E-state index contributed by atoms with van der Waals surface area (Å²) in [5, 5.41) is 3.35. The molecule has 0 aliphatic carbocycles. The topological polar surface area (TPSA) is 38.8 Å². The van der Waals surface area contributed by atoms with E-state index in [1.807, 2.05) is 14.1 Å². The van der Waals surface area contributed by atoms with Gasteiger partial charge in [0, 0.05) is 46.3 Å². The highest BCUT2D eigenvalue weighted by atomic mass is 16.2. The summed E-state index contributed by atoms with van der Waals surface area (Å²) in [4.78, 5) is 18.8. The molecule has 0 aromatic heterocycles. The second kappa shape index (κ2) is 5.99. The number of piperazine rings is 1. The Labute approximate surface area is 110 Å². The SMILES string of the molecule is CN1CCCC(N2CCNCC2C(=O)N(C)C)C1. The average Bonchev–Trinajstić information content (AvgIpc) is 2.38. The monoisotopic (exact) mass is 254 g/mol. The fourth-order valence-electron chi connectivity index (χ4n) is 3.09. The first-order valence-electron chi connectivity index (χ1n) is 6.95. The van der Waals surface area contributed by atoms with Gasteiger partial charge >= 0.3 is 0 Å². The zero-order valence-corrected chi connectivity index (χ0v) is 11.9. The standard InChI is InChI=1S/C13H26N4O/c1-15(2)13(18)12-9-14-6-8-17(12)11-5-4-7-16(3)10-11/h11-12,14H,4-10H2,1-3H3. The fourth-order valence-corrected chi connectivity index (χ4v) is 3.09. The van der Waals surface area contributed by atoms with Gasteiger partial charge in [-0.1, -0.05) is 0 Å². The summed E-state index contributed by atoms with van der Waals surface area (Å²) in [6.07, 6.45) is 2.47. The molecule has 2 heterocycles. The van der Waals surface area contributed by atoms with Crippen LogP contribution >= 0.6 is 0 Å². The lowest BCUT2D eigenvalue weighted by molar-refractivity contribution is -0.136.